The van der Waals surface area contributed by atoms with Crippen LogP contribution in [0.2, 0.25) is 0 Å². The van der Waals surface area contributed by atoms with Gasteiger partial charge in [-0.3, -0.25) is 0 Å². The molecule has 0 amide bonds. The van der Waals surface area contributed by atoms with E-state index in [2.05, 4.69) is 23.9 Å². The lowest BCUT2D eigenvalue weighted by Crippen LogP contribution is -2.54. The molecule has 1 heterocycles. The molecule has 1 saturated heterocycles. The van der Waals surface area contributed by atoms with E-state index in [4.69, 9.17) is 0 Å². The molecular weight excluding hydrogens is 248 g/mol. The number of rotatable bonds is 3. The quantitative estimate of drug-likeness (QED) is 0.870. The van der Waals surface area contributed by atoms with Crippen LogP contribution >= 0.6 is 0 Å². The maximum atomic E-state index is 12.3. The summed E-state index contributed by atoms with van der Waals surface area (Å²) in [6, 6.07) is 8.51. The molecule has 1 aliphatic rings. The molecule has 0 aliphatic carbocycles. The second kappa shape index (κ2) is 4.99. The predicted molar refractivity (Wildman–Crippen MR) is 71.8 cm³/mol. The Morgan fingerprint density at radius 2 is 1.94 bits per heavy atom. The van der Waals surface area contributed by atoms with Crippen LogP contribution in [-0.2, 0) is 10.0 Å². The van der Waals surface area contributed by atoms with Gasteiger partial charge in [0.05, 0.1) is 4.90 Å². The SMILES string of the molecule is CC1(C)CNCCC1NS(=O)(=O)c1ccccc1. The second-order valence-electron chi connectivity index (χ2n) is 5.44. The fourth-order valence-electron chi connectivity index (χ4n) is 2.24. The normalized spacial score (nSPS) is 23.8. The number of benzene rings is 1. The van der Waals surface area contributed by atoms with Crippen molar-refractivity contribution >= 4 is 10.0 Å². The van der Waals surface area contributed by atoms with Gasteiger partial charge in [0, 0.05) is 12.6 Å². The minimum atomic E-state index is -3.41. The molecule has 1 atom stereocenters. The fraction of sp³-hybridized carbons (Fsp3) is 0.538. The van der Waals surface area contributed by atoms with E-state index >= 15 is 0 Å². The van der Waals surface area contributed by atoms with Gasteiger partial charge < -0.3 is 5.32 Å². The molecule has 0 aromatic heterocycles. The van der Waals surface area contributed by atoms with Gasteiger partial charge in [-0.1, -0.05) is 32.0 Å². The van der Waals surface area contributed by atoms with Crippen molar-refractivity contribution in [2.45, 2.75) is 31.2 Å². The highest BCUT2D eigenvalue weighted by atomic mass is 32.2. The Kier molecular flexibility index (Phi) is 3.75. The van der Waals surface area contributed by atoms with Crippen LogP contribution in [0.3, 0.4) is 0 Å². The first-order valence-electron chi connectivity index (χ1n) is 6.20. The van der Waals surface area contributed by atoms with E-state index in [0.717, 1.165) is 19.5 Å². The van der Waals surface area contributed by atoms with Crippen LogP contribution < -0.4 is 10.0 Å². The Morgan fingerprint density at radius 3 is 2.56 bits per heavy atom. The van der Waals surface area contributed by atoms with Crippen molar-refractivity contribution in [1.82, 2.24) is 10.0 Å². The number of hydrogen-bond donors (Lipinski definition) is 2. The van der Waals surface area contributed by atoms with Crippen LogP contribution in [0.15, 0.2) is 35.2 Å². The summed E-state index contributed by atoms with van der Waals surface area (Å²) in [5.41, 5.74) is -0.0693. The third-order valence-corrected chi connectivity index (χ3v) is 4.97. The lowest BCUT2D eigenvalue weighted by Gasteiger charge is -2.39. The standard InChI is InChI=1S/C13H20N2O2S/c1-13(2)10-14-9-8-12(13)15-18(16,17)11-6-4-3-5-7-11/h3-7,12,14-15H,8-10H2,1-2H3. The Hall–Kier alpha value is -0.910. The highest BCUT2D eigenvalue weighted by Crippen LogP contribution is 2.26. The molecule has 2 N–H and O–H groups in total. The van der Waals surface area contributed by atoms with Crippen molar-refractivity contribution in [3.63, 3.8) is 0 Å². The summed E-state index contributed by atoms with van der Waals surface area (Å²) in [4.78, 5) is 0.333. The molecule has 0 bridgehead atoms. The molecule has 0 spiro atoms. The second-order valence-corrected chi connectivity index (χ2v) is 7.15. The molecule has 0 saturated carbocycles. The predicted octanol–water partition coefficient (Wildman–Crippen LogP) is 1.35. The minimum absolute atomic E-state index is 0.0241. The third kappa shape index (κ3) is 2.91. The molecule has 4 nitrogen and oxygen atoms in total. The van der Waals surface area contributed by atoms with Gasteiger partial charge >= 0.3 is 0 Å². The zero-order chi connectivity index (χ0) is 13.2. The van der Waals surface area contributed by atoms with Crippen molar-refractivity contribution < 1.29 is 8.42 Å². The maximum Gasteiger partial charge on any atom is 0.240 e. The molecular formula is C13H20N2O2S. The molecule has 1 unspecified atom stereocenters. The highest BCUT2D eigenvalue weighted by molar-refractivity contribution is 7.89. The van der Waals surface area contributed by atoms with Gasteiger partial charge in [-0.25, -0.2) is 13.1 Å². The molecule has 1 aromatic carbocycles. The topological polar surface area (TPSA) is 58.2 Å². The molecule has 100 valence electrons. The number of sulfonamides is 1. The minimum Gasteiger partial charge on any atom is -0.316 e. The number of piperidine rings is 1. The van der Waals surface area contributed by atoms with Crippen molar-refractivity contribution in [1.29, 1.82) is 0 Å². The van der Waals surface area contributed by atoms with E-state index in [0.29, 0.717) is 4.90 Å². The monoisotopic (exact) mass is 268 g/mol. The largest absolute Gasteiger partial charge is 0.316 e. The summed E-state index contributed by atoms with van der Waals surface area (Å²) in [6.07, 6.45) is 0.819. The van der Waals surface area contributed by atoms with Gasteiger partial charge in [0.1, 0.15) is 0 Å². The Labute approximate surface area is 109 Å². The van der Waals surface area contributed by atoms with Gasteiger partial charge in [-0.2, -0.15) is 0 Å². The molecule has 1 aliphatic heterocycles. The van der Waals surface area contributed by atoms with Crippen LogP contribution in [-0.4, -0.2) is 27.5 Å². The lowest BCUT2D eigenvalue weighted by atomic mass is 9.81. The molecule has 2 rings (SSSR count). The zero-order valence-corrected chi connectivity index (χ0v) is 11.6. The van der Waals surface area contributed by atoms with E-state index in [-0.39, 0.29) is 11.5 Å². The summed E-state index contributed by atoms with van der Waals surface area (Å²) in [7, 11) is -3.41. The summed E-state index contributed by atoms with van der Waals surface area (Å²) in [6.45, 7) is 5.84. The fourth-order valence-corrected chi connectivity index (χ4v) is 3.71. The van der Waals surface area contributed by atoms with E-state index in [1.54, 1.807) is 24.3 Å². The van der Waals surface area contributed by atoms with Crippen LogP contribution in [0.1, 0.15) is 20.3 Å². The van der Waals surface area contributed by atoms with Gasteiger partial charge in [0.15, 0.2) is 0 Å². The summed E-state index contributed by atoms with van der Waals surface area (Å²) < 4.78 is 27.3. The maximum absolute atomic E-state index is 12.3. The first kappa shape index (κ1) is 13.5. The van der Waals surface area contributed by atoms with Crippen LogP contribution in [0, 0.1) is 5.41 Å². The number of hydrogen-bond acceptors (Lipinski definition) is 3. The Morgan fingerprint density at radius 1 is 1.28 bits per heavy atom. The molecule has 0 radical (unpaired) electrons. The van der Waals surface area contributed by atoms with E-state index in [9.17, 15) is 8.42 Å². The third-order valence-electron chi connectivity index (χ3n) is 3.48. The number of nitrogens with one attached hydrogen (secondary N) is 2. The first-order chi connectivity index (χ1) is 8.42. The van der Waals surface area contributed by atoms with Gasteiger partial charge in [-0.15, -0.1) is 0 Å². The van der Waals surface area contributed by atoms with Crippen LogP contribution in [0.25, 0.3) is 0 Å². The Bertz CT molecular complexity index is 497. The smallest absolute Gasteiger partial charge is 0.240 e. The zero-order valence-electron chi connectivity index (χ0n) is 10.8. The molecule has 5 heteroatoms. The summed E-state index contributed by atoms with van der Waals surface area (Å²) in [5.74, 6) is 0. The molecule has 18 heavy (non-hydrogen) atoms. The summed E-state index contributed by atoms with van der Waals surface area (Å²) in [5, 5.41) is 3.30. The summed E-state index contributed by atoms with van der Waals surface area (Å²) >= 11 is 0. The average molecular weight is 268 g/mol. The average Bonchev–Trinajstić information content (AvgIpc) is 2.33. The van der Waals surface area contributed by atoms with E-state index in [1.807, 2.05) is 6.07 Å². The van der Waals surface area contributed by atoms with Crippen molar-refractivity contribution in [2.24, 2.45) is 5.41 Å². The van der Waals surface area contributed by atoms with Gasteiger partial charge in [-0.05, 0) is 30.5 Å². The highest BCUT2D eigenvalue weighted by Gasteiger charge is 2.35. The van der Waals surface area contributed by atoms with Crippen LogP contribution in [0.5, 0.6) is 0 Å². The van der Waals surface area contributed by atoms with Crippen molar-refractivity contribution in [2.75, 3.05) is 13.1 Å². The molecule has 1 fully saturated rings. The van der Waals surface area contributed by atoms with Gasteiger partial charge in [0.25, 0.3) is 0 Å². The van der Waals surface area contributed by atoms with Gasteiger partial charge in [0.2, 0.25) is 10.0 Å². The molecule has 1 aromatic rings. The lowest BCUT2D eigenvalue weighted by molar-refractivity contribution is 0.206. The Balaban J connectivity index is 2.18. The van der Waals surface area contributed by atoms with E-state index < -0.39 is 10.0 Å². The van der Waals surface area contributed by atoms with E-state index in [1.165, 1.54) is 0 Å². The van der Waals surface area contributed by atoms with Crippen molar-refractivity contribution in [3.8, 4) is 0 Å². The first-order valence-corrected chi connectivity index (χ1v) is 7.68. The van der Waals surface area contributed by atoms with Crippen molar-refractivity contribution in [3.05, 3.63) is 30.3 Å². The van der Waals surface area contributed by atoms with Crippen LogP contribution in [0.4, 0.5) is 0 Å².